The largest absolute Gasteiger partial charge is 0.495 e. The van der Waals surface area contributed by atoms with Gasteiger partial charge >= 0.3 is 0 Å². The van der Waals surface area contributed by atoms with Crippen LogP contribution in [0.15, 0.2) is 23.1 Å². The van der Waals surface area contributed by atoms with E-state index in [2.05, 4.69) is 4.72 Å². The quantitative estimate of drug-likeness (QED) is 0.710. The molecule has 0 saturated heterocycles. The van der Waals surface area contributed by atoms with Crippen molar-refractivity contribution in [2.75, 3.05) is 19.5 Å². The standard InChI is InChI=1S/C14H22N2O4S/c1-20-13-6-5-11(9-12(13)15)21(18,19)16-14(10-17)7-3-2-4-8-14/h5-6,9,16-17H,2-4,7-8,10,15H2,1H3. The first-order valence-corrected chi connectivity index (χ1v) is 8.49. The van der Waals surface area contributed by atoms with Crippen molar-refractivity contribution in [3.63, 3.8) is 0 Å². The molecule has 0 amide bonds. The number of sulfonamides is 1. The second-order valence-corrected chi connectivity index (χ2v) is 7.19. The summed E-state index contributed by atoms with van der Waals surface area (Å²) in [5.74, 6) is 0.434. The Morgan fingerprint density at radius 3 is 2.52 bits per heavy atom. The number of nitrogens with two attached hydrogens (primary N) is 1. The van der Waals surface area contributed by atoms with E-state index in [1.165, 1.54) is 25.3 Å². The Morgan fingerprint density at radius 1 is 1.33 bits per heavy atom. The van der Waals surface area contributed by atoms with E-state index in [-0.39, 0.29) is 17.2 Å². The molecule has 21 heavy (non-hydrogen) atoms. The Kier molecular flexibility index (Phi) is 4.75. The number of ether oxygens (including phenoxy) is 1. The van der Waals surface area contributed by atoms with Crippen LogP contribution in [0, 0.1) is 0 Å². The van der Waals surface area contributed by atoms with E-state index in [9.17, 15) is 13.5 Å². The molecular weight excluding hydrogens is 292 g/mol. The molecule has 0 radical (unpaired) electrons. The van der Waals surface area contributed by atoms with Crippen molar-refractivity contribution in [3.05, 3.63) is 18.2 Å². The lowest BCUT2D eigenvalue weighted by Crippen LogP contribution is -2.52. The molecule has 0 bridgehead atoms. The Hall–Kier alpha value is -1.31. The maximum absolute atomic E-state index is 12.5. The van der Waals surface area contributed by atoms with Crippen molar-refractivity contribution >= 4 is 15.7 Å². The maximum Gasteiger partial charge on any atom is 0.241 e. The molecule has 0 aliphatic heterocycles. The predicted octanol–water partition coefficient (Wildman–Crippen LogP) is 1.25. The van der Waals surface area contributed by atoms with E-state index >= 15 is 0 Å². The molecule has 0 unspecified atom stereocenters. The van der Waals surface area contributed by atoms with Gasteiger partial charge in [-0.3, -0.25) is 0 Å². The third-order valence-electron chi connectivity index (χ3n) is 3.98. The fourth-order valence-electron chi connectivity index (χ4n) is 2.74. The monoisotopic (exact) mass is 314 g/mol. The lowest BCUT2D eigenvalue weighted by molar-refractivity contribution is 0.142. The van der Waals surface area contributed by atoms with Gasteiger partial charge in [0.15, 0.2) is 0 Å². The van der Waals surface area contributed by atoms with Crippen molar-refractivity contribution in [2.24, 2.45) is 0 Å². The highest BCUT2D eigenvalue weighted by Crippen LogP contribution is 2.30. The van der Waals surface area contributed by atoms with Crippen LogP contribution in [0.3, 0.4) is 0 Å². The number of anilines is 1. The molecule has 0 atom stereocenters. The Bertz CT molecular complexity index is 595. The summed E-state index contributed by atoms with van der Waals surface area (Å²) in [6.45, 7) is -0.197. The number of methoxy groups -OCH3 is 1. The zero-order chi connectivity index (χ0) is 15.5. The molecule has 7 heteroatoms. The maximum atomic E-state index is 12.5. The molecule has 6 nitrogen and oxygen atoms in total. The summed E-state index contributed by atoms with van der Waals surface area (Å²) in [4.78, 5) is 0.0826. The molecular formula is C14H22N2O4S. The van der Waals surface area contributed by atoms with Crippen LogP contribution in [-0.2, 0) is 10.0 Å². The van der Waals surface area contributed by atoms with Gasteiger partial charge in [0.05, 0.1) is 29.8 Å². The minimum atomic E-state index is -3.72. The van der Waals surface area contributed by atoms with Gasteiger partial charge in [0.2, 0.25) is 10.0 Å². The molecule has 1 fully saturated rings. The van der Waals surface area contributed by atoms with Crippen molar-refractivity contribution in [1.82, 2.24) is 4.72 Å². The number of hydrogen-bond acceptors (Lipinski definition) is 5. The topological polar surface area (TPSA) is 102 Å². The summed E-state index contributed by atoms with van der Waals surface area (Å²) in [5.41, 5.74) is 5.27. The Labute approximate surface area is 125 Å². The molecule has 1 aliphatic rings. The summed E-state index contributed by atoms with van der Waals surface area (Å²) in [6, 6.07) is 4.34. The molecule has 118 valence electrons. The van der Waals surface area contributed by atoms with E-state index < -0.39 is 15.6 Å². The number of rotatable bonds is 5. The minimum absolute atomic E-state index is 0.0826. The van der Waals surface area contributed by atoms with Gasteiger partial charge in [0.1, 0.15) is 5.75 Å². The van der Waals surface area contributed by atoms with Crippen molar-refractivity contribution in [2.45, 2.75) is 42.5 Å². The second-order valence-electron chi connectivity index (χ2n) is 5.51. The zero-order valence-electron chi connectivity index (χ0n) is 12.1. The van der Waals surface area contributed by atoms with E-state index in [0.717, 1.165) is 19.3 Å². The summed E-state index contributed by atoms with van der Waals surface area (Å²) in [7, 11) is -2.25. The highest BCUT2D eigenvalue weighted by atomic mass is 32.2. The molecule has 1 aliphatic carbocycles. The van der Waals surface area contributed by atoms with Gasteiger partial charge in [-0.25, -0.2) is 13.1 Å². The zero-order valence-corrected chi connectivity index (χ0v) is 12.9. The predicted molar refractivity (Wildman–Crippen MR) is 80.6 cm³/mol. The molecule has 2 rings (SSSR count). The van der Waals surface area contributed by atoms with E-state index in [1.54, 1.807) is 0 Å². The first kappa shape index (κ1) is 16.1. The SMILES string of the molecule is COc1ccc(S(=O)(=O)NC2(CO)CCCCC2)cc1N. The van der Waals surface area contributed by atoms with E-state index in [0.29, 0.717) is 18.6 Å². The highest BCUT2D eigenvalue weighted by Gasteiger charge is 2.36. The average Bonchev–Trinajstić information content (AvgIpc) is 2.47. The smallest absolute Gasteiger partial charge is 0.241 e. The molecule has 4 N–H and O–H groups in total. The molecule has 1 aromatic rings. The first-order chi connectivity index (χ1) is 9.92. The van der Waals surface area contributed by atoms with Gasteiger partial charge < -0.3 is 15.6 Å². The highest BCUT2D eigenvalue weighted by molar-refractivity contribution is 7.89. The summed E-state index contributed by atoms with van der Waals surface area (Å²) >= 11 is 0. The van der Waals surface area contributed by atoms with Crippen LogP contribution in [0.1, 0.15) is 32.1 Å². The third kappa shape index (κ3) is 3.48. The fraction of sp³-hybridized carbons (Fsp3) is 0.571. The average molecular weight is 314 g/mol. The Balaban J connectivity index is 2.27. The van der Waals surface area contributed by atoms with Crippen LogP contribution >= 0.6 is 0 Å². The third-order valence-corrected chi connectivity index (χ3v) is 5.55. The summed E-state index contributed by atoms with van der Waals surface area (Å²) in [5, 5.41) is 9.62. The van der Waals surface area contributed by atoms with Crippen molar-refractivity contribution in [1.29, 1.82) is 0 Å². The van der Waals surface area contributed by atoms with Gasteiger partial charge in [0, 0.05) is 0 Å². The summed E-state index contributed by atoms with van der Waals surface area (Å²) in [6.07, 6.45) is 4.18. The van der Waals surface area contributed by atoms with Crippen LogP contribution in [0.4, 0.5) is 5.69 Å². The number of nitrogen functional groups attached to an aromatic ring is 1. The summed E-state index contributed by atoms with van der Waals surface area (Å²) < 4.78 is 32.7. The number of aliphatic hydroxyl groups is 1. The van der Waals surface area contributed by atoms with E-state index in [1.807, 2.05) is 0 Å². The van der Waals surface area contributed by atoms with Crippen LogP contribution in [0.5, 0.6) is 5.75 Å². The molecule has 0 heterocycles. The van der Waals surface area contributed by atoms with Crippen LogP contribution < -0.4 is 15.2 Å². The van der Waals surface area contributed by atoms with E-state index in [4.69, 9.17) is 10.5 Å². The lowest BCUT2D eigenvalue weighted by Gasteiger charge is -2.36. The molecule has 0 spiro atoms. The number of aliphatic hydroxyl groups excluding tert-OH is 1. The van der Waals surface area contributed by atoms with Crippen molar-refractivity contribution in [3.8, 4) is 5.75 Å². The molecule has 0 aromatic heterocycles. The van der Waals surface area contributed by atoms with Crippen LogP contribution in [0.2, 0.25) is 0 Å². The van der Waals surface area contributed by atoms with Gasteiger partial charge in [-0.2, -0.15) is 0 Å². The Morgan fingerprint density at radius 2 is 2.00 bits per heavy atom. The van der Waals surface area contributed by atoms with Gasteiger partial charge in [-0.15, -0.1) is 0 Å². The molecule has 1 saturated carbocycles. The molecule has 1 aromatic carbocycles. The van der Waals surface area contributed by atoms with Crippen LogP contribution in [0.25, 0.3) is 0 Å². The minimum Gasteiger partial charge on any atom is -0.495 e. The number of nitrogens with one attached hydrogen (secondary N) is 1. The van der Waals surface area contributed by atoms with Gasteiger partial charge in [0.25, 0.3) is 0 Å². The van der Waals surface area contributed by atoms with Crippen molar-refractivity contribution < 1.29 is 18.3 Å². The second kappa shape index (κ2) is 6.21. The first-order valence-electron chi connectivity index (χ1n) is 7.01. The number of benzene rings is 1. The van der Waals surface area contributed by atoms with Gasteiger partial charge in [-0.1, -0.05) is 19.3 Å². The fourth-order valence-corrected chi connectivity index (χ4v) is 4.23. The van der Waals surface area contributed by atoms with Gasteiger partial charge in [-0.05, 0) is 31.0 Å². The number of hydrogen-bond donors (Lipinski definition) is 3. The van der Waals surface area contributed by atoms with Crippen LogP contribution in [-0.4, -0.2) is 32.8 Å². The normalized spacial score (nSPS) is 18.4. The lowest BCUT2D eigenvalue weighted by atomic mass is 9.83.